The summed E-state index contributed by atoms with van der Waals surface area (Å²) in [6.45, 7) is 7.16. The molecule has 128 valence electrons. The van der Waals surface area contributed by atoms with Gasteiger partial charge in [0.15, 0.2) is 0 Å². The monoisotopic (exact) mass is 339 g/mol. The molecule has 0 bridgehead atoms. The van der Waals surface area contributed by atoms with Crippen LogP contribution in [-0.2, 0) is 9.59 Å². The Labute approximate surface area is 144 Å². The molecule has 1 aliphatic heterocycles. The van der Waals surface area contributed by atoms with Crippen molar-refractivity contribution in [3.05, 3.63) is 35.9 Å². The van der Waals surface area contributed by atoms with E-state index < -0.39 is 0 Å². The summed E-state index contributed by atoms with van der Waals surface area (Å²) >= 11 is 0. The topological polar surface area (TPSA) is 61.4 Å². The summed E-state index contributed by atoms with van der Waals surface area (Å²) in [4.78, 5) is 26.0. The van der Waals surface area contributed by atoms with Gasteiger partial charge in [-0.2, -0.15) is 0 Å². The van der Waals surface area contributed by atoms with Gasteiger partial charge in [-0.25, -0.2) is 0 Å². The predicted molar refractivity (Wildman–Crippen MR) is 93.5 cm³/mol. The molecule has 3 unspecified atom stereocenters. The number of carbonyl (C=O) groups excluding carboxylic acids is 2. The number of carbonyl (C=O) groups is 2. The van der Waals surface area contributed by atoms with Gasteiger partial charge in [0.1, 0.15) is 0 Å². The van der Waals surface area contributed by atoms with Crippen LogP contribution in [0.2, 0.25) is 0 Å². The summed E-state index contributed by atoms with van der Waals surface area (Å²) in [5.41, 5.74) is 0.960. The predicted octanol–water partition coefficient (Wildman–Crippen LogP) is 1.88. The zero-order valence-corrected chi connectivity index (χ0v) is 14.7. The van der Waals surface area contributed by atoms with Crippen LogP contribution in [0.15, 0.2) is 30.3 Å². The first kappa shape index (κ1) is 19.5. The Bertz CT molecular complexity index is 524. The molecule has 0 radical (unpaired) electrons. The molecule has 2 rings (SSSR count). The summed E-state index contributed by atoms with van der Waals surface area (Å²) in [6, 6.07) is 9.83. The molecule has 1 saturated heterocycles. The van der Waals surface area contributed by atoms with Crippen molar-refractivity contribution in [2.24, 2.45) is 0 Å². The van der Waals surface area contributed by atoms with E-state index in [4.69, 9.17) is 0 Å². The lowest BCUT2D eigenvalue weighted by Crippen LogP contribution is -2.57. The fourth-order valence-electron chi connectivity index (χ4n) is 2.88. The molecule has 1 fully saturated rings. The van der Waals surface area contributed by atoms with Crippen molar-refractivity contribution in [2.45, 2.75) is 45.3 Å². The Morgan fingerprint density at radius 1 is 1.30 bits per heavy atom. The molecule has 0 aliphatic carbocycles. The van der Waals surface area contributed by atoms with Crippen molar-refractivity contribution in [3.8, 4) is 0 Å². The van der Waals surface area contributed by atoms with Gasteiger partial charge in [-0.3, -0.25) is 9.59 Å². The Kier molecular flexibility index (Phi) is 7.52. The van der Waals surface area contributed by atoms with Crippen LogP contribution in [0.1, 0.15) is 38.8 Å². The summed E-state index contributed by atoms with van der Waals surface area (Å²) in [5.74, 6) is -0.0353. The van der Waals surface area contributed by atoms with Gasteiger partial charge in [-0.05, 0) is 19.4 Å². The third-order valence-electron chi connectivity index (χ3n) is 4.31. The third kappa shape index (κ3) is 5.22. The van der Waals surface area contributed by atoms with E-state index in [0.717, 1.165) is 12.1 Å². The second kappa shape index (κ2) is 8.89. The second-order valence-electron chi connectivity index (χ2n) is 5.94. The summed E-state index contributed by atoms with van der Waals surface area (Å²) < 4.78 is 0. The maximum absolute atomic E-state index is 12.7. The molecule has 0 aromatic heterocycles. The first-order valence-electron chi connectivity index (χ1n) is 7.84. The smallest absolute Gasteiger partial charge is 0.225 e. The van der Waals surface area contributed by atoms with Crippen LogP contribution in [-0.4, -0.2) is 41.9 Å². The maximum atomic E-state index is 12.7. The molecular formula is C17H26ClN3O2. The molecule has 6 heteroatoms. The van der Waals surface area contributed by atoms with Crippen LogP contribution in [0.5, 0.6) is 0 Å². The highest BCUT2D eigenvalue weighted by Crippen LogP contribution is 2.20. The Balaban J connectivity index is 0.00000264. The molecule has 2 amide bonds. The van der Waals surface area contributed by atoms with E-state index in [0.29, 0.717) is 13.0 Å². The quantitative estimate of drug-likeness (QED) is 0.880. The van der Waals surface area contributed by atoms with Gasteiger partial charge in [0.2, 0.25) is 11.8 Å². The van der Waals surface area contributed by atoms with Gasteiger partial charge >= 0.3 is 0 Å². The zero-order valence-electron chi connectivity index (χ0n) is 13.9. The number of hydrogen-bond acceptors (Lipinski definition) is 3. The van der Waals surface area contributed by atoms with E-state index in [9.17, 15) is 9.59 Å². The molecule has 1 aliphatic rings. The highest BCUT2D eigenvalue weighted by molar-refractivity contribution is 5.85. The summed E-state index contributed by atoms with van der Waals surface area (Å²) in [5, 5.41) is 6.26. The molecule has 0 spiro atoms. The highest BCUT2D eigenvalue weighted by atomic mass is 35.5. The van der Waals surface area contributed by atoms with E-state index in [-0.39, 0.29) is 42.3 Å². The first-order valence-corrected chi connectivity index (χ1v) is 7.84. The van der Waals surface area contributed by atoms with Gasteiger partial charge < -0.3 is 15.5 Å². The van der Waals surface area contributed by atoms with Crippen molar-refractivity contribution in [3.63, 3.8) is 0 Å². The molecule has 5 nitrogen and oxygen atoms in total. The lowest BCUT2D eigenvalue weighted by Gasteiger charge is -2.39. The second-order valence-corrected chi connectivity index (χ2v) is 5.94. The number of piperazine rings is 1. The molecule has 1 heterocycles. The Morgan fingerprint density at radius 3 is 2.57 bits per heavy atom. The summed E-state index contributed by atoms with van der Waals surface area (Å²) in [6.07, 6.45) is 0.292. The number of rotatable bonds is 4. The van der Waals surface area contributed by atoms with Crippen molar-refractivity contribution in [1.82, 2.24) is 15.5 Å². The number of halogens is 1. The van der Waals surface area contributed by atoms with Crippen LogP contribution < -0.4 is 10.6 Å². The fourth-order valence-corrected chi connectivity index (χ4v) is 2.88. The van der Waals surface area contributed by atoms with Crippen molar-refractivity contribution in [1.29, 1.82) is 0 Å². The SMILES string of the molecule is CC(=O)NC(CC(=O)N1CCNC(C)C1C)c1ccccc1.Cl. The zero-order chi connectivity index (χ0) is 16.1. The average molecular weight is 340 g/mol. The number of hydrogen-bond donors (Lipinski definition) is 2. The molecule has 1 aromatic carbocycles. The van der Waals surface area contributed by atoms with Crippen molar-refractivity contribution in [2.75, 3.05) is 13.1 Å². The van der Waals surface area contributed by atoms with Gasteiger partial charge in [-0.1, -0.05) is 30.3 Å². The van der Waals surface area contributed by atoms with Gasteiger partial charge in [0, 0.05) is 32.1 Å². The van der Waals surface area contributed by atoms with Gasteiger partial charge in [0.05, 0.1) is 12.5 Å². The van der Waals surface area contributed by atoms with Gasteiger partial charge in [-0.15, -0.1) is 12.4 Å². The lowest BCUT2D eigenvalue weighted by atomic mass is 10.0. The standard InChI is InChI=1S/C17H25N3O2.ClH/c1-12-13(2)20(10-9-18-12)17(22)11-16(19-14(3)21)15-7-5-4-6-8-15;/h4-8,12-13,16,18H,9-11H2,1-3H3,(H,19,21);1H. The average Bonchev–Trinajstić information content (AvgIpc) is 2.49. The molecule has 3 atom stereocenters. The van der Waals surface area contributed by atoms with Crippen molar-refractivity contribution < 1.29 is 9.59 Å². The number of nitrogens with one attached hydrogen (secondary N) is 2. The van der Waals surface area contributed by atoms with Crippen LogP contribution in [0.25, 0.3) is 0 Å². The Hall–Kier alpha value is -1.59. The van der Waals surface area contributed by atoms with E-state index in [1.807, 2.05) is 35.2 Å². The van der Waals surface area contributed by atoms with Crippen molar-refractivity contribution >= 4 is 24.2 Å². The normalized spacial score (nSPS) is 22.0. The fraction of sp³-hybridized carbons (Fsp3) is 0.529. The van der Waals surface area contributed by atoms with E-state index in [2.05, 4.69) is 24.5 Å². The molecule has 1 aromatic rings. The van der Waals surface area contributed by atoms with Crippen LogP contribution in [0.4, 0.5) is 0 Å². The van der Waals surface area contributed by atoms with Crippen LogP contribution >= 0.6 is 12.4 Å². The minimum absolute atomic E-state index is 0. The number of amides is 2. The molecule has 0 saturated carbocycles. The number of nitrogens with zero attached hydrogens (tertiary/aromatic N) is 1. The van der Waals surface area contributed by atoms with E-state index in [1.165, 1.54) is 6.92 Å². The lowest BCUT2D eigenvalue weighted by molar-refractivity contribution is -0.135. The largest absolute Gasteiger partial charge is 0.349 e. The summed E-state index contributed by atoms with van der Waals surface area (Å²) in [7, 11) is 0. The maximum Gasteiger partial charge on any atom is 0.225 e. The minimum Gasteiger partial charge on any atom is -0.349 e. The van der Waals surface area contributed by atoms with E-state index in [1.54, 1.807) is 0 Å². The Morgan fingerprint density at radius 2 is 1.96 bits per heavy atom. The first-order chi connectivity index (χ1) is 10.5. The minimum atomic E-state index is -0.274. The van der Waals surface area contributed by atoms with Crippen LogP contribution in [0.3, 0.4) is 0 Å². The number of benzene rings is 1. The molecule has 2 N–H and O–H groups in total. The third-order valence-corrected chi connectivity index (χ3v) is 4.31. The van der Waals surface area contributed by atoms with Gasteiger partial charge in [0.25, 0.3) is 0 Å². The highest BCUT2D eigenvalue weighted by Gasteiger charge is 2.29. The molecule has 23 heavy (non-hydrogen) atoms. The molecular weight excluding hydrogens is 314 g/mol. The van der Waals surface area contributed by atoms with E-state index >= 15 is 0 Å². The van der Waals surface area contributed by atoms with Crippen LogP contribution in [0, 0.1) is 0 Å².